The number of amides is 1. The molecule has 3 rings (SSSR count). The van der Waals surface area contributed by atoms with Crippen LogP contribution in [-0.2, 0) is 16.1 Å². The molecule has 27 heavy (non-hydrogen) atoms. The number of ether oxygens (including phenoxy) is 1. The van der Waals surface area contributed by atoms with E-state index in [9.17, 15) is 14.4 Å². The Balaban J connectivity index is 1.91. The Labute approximate surface area is 154 Å². The maximum Gasteiger partial charge on any atom is 0.342 e. The summed E-state index contributed by atoms with van der Waals surface area (Å²) in [6, 6.07) is 7.29. The van der Waals surface area contributed by atoms with Crippen LogP contribution in [0.4, 0.5) is 5.69 Å². The molecule has 0 aliphatic carbocycles. The number of rotatable bonds is 5. The summed E-state index contributed by atoms with van der Waals surface area (Å²) in [5, 5.41) is 2.73. The number of carbonyl (C=O) groups excluding carboxylic acids is 2. The molecule has 0 fully saturated rings. The number of hydrogen-bond donors (Lipinski definition) is 1. The Bertz CT molecular complexity index is 1060. The van der Waals surface area contributed by atoms with Crippen molar-refractivity contribution in [3.63, 3.8) is 0 Å². The summed E-state index contributed by atoms with van der Waals surface area (Å²) in [4.78, 5) is 41.3. The molecule has 0 spiro atoms. The molecule has 0 saturated carbocycles. The third kappa shape index (κ3) is 3.74. The van der Waals surface area contributed by atoms with Crippen molar-refractivity contribution in [2.24, 2.45) is 0 Å². The van der Waals surface area contributed by atoms with E-state index in [1.807, 2.05) is 19.1 Å². The van der Waals surface area contributed by atoms with Gasteiger partial charge in [-0.2, -0.15) is 0 Å². The van der Waals surface area contributed by atoms with Gasteiger partial charge in [-0.1, -0.05) is 17.7 Å². The number of benzene rings is 1. The minimum atomic E-state index is -0.658. The number of furan rings is 1. The van der Waals surface area contributed by atoms with Gasteiger partial charge in [-0.3, -0.25) is 14.2 Å². The van der Waals surface area contributed by atoms with E-state index in [4.69, 9.17) is 9.15 Å². The lowest BCUT2D eigenvalue weighted by Gasteiger charge is -2.07. The number of carbonyl (C=O) groups is 2. The average Bonchev–Trinajstić information content (AvgIpc) is 2.96. The van der Waals surface area contributed by atoms with E-state index >= 15 is 0 Å². The van der Waals surface area contributed by atoms with Crippen LogP contribution in [0.2, 0.25) is 0 Å². The maximum absolute atomic E-state index is 12.8. The van der Waals surface area contributed by atoms with Crippen LogP contribution in [0.3, 0.4) is 0 Å². The first kappa shape index (κ1) is 18.4. The Morgan fingerprint density at radius 1 is 1.22 bits per heavy atom. The van der Waals surface area contributed by atoms with Crippen LogP contribution in [0.25, 0.3) is 11.1 Å². The van der Waals surface area contributed by atoms with Crippen molar-refractivity contribution in [1.29, 1.82) is 0 Å². The highest BCUT2D eigenvalue weighted by Crippen LogP contribution is 2.21. The molecule has 0 aliphatic heterocycles. The van der Waals surface area contributed by atoms with Crippen molar-refractivity contribution in [2.75, 3.05) is 11.9 Å². The van der Waals surface area contributed by atoms with Gasteiger partial charge in [0.1, 0.15) is 29.6 Å². The van der Waals surface area contributed by atoms with Crippen LogP contribution in [0.5, 0.6) is 0 Å². The number of aryl methyl sites for hydroxylation is 2. The van der Waals surface area contributed by atoms with E-state index in [-0.39, 0.29) is 41.5 Å². The molecule has 1 amide bonds. The second-order valence-electron chi connectivity index (χ2n) is 6.03. The lowest BCUT2D eigenvalue weighted by molar-refractivity contribution is -0.116. The fourth-order valence-electron chi connectivity index (χ4n) is 2.69. The fourth-order valence-corrected chi connectivity index (χ4v) is 2.69. The van der Waals surface area contributed by atoms with E-state index < -0.39 is 11.5 Å². The van der Waals surface area contributed by atoms with E-state index in [0.717, 1.165) is 10.1 Å². The highest BCUT2D eigenvalue weighted by atomic mass is 16.5. The molecule has 0 bridgehead atoms. The summed E-state index contributed by atoms with van der Waals surface area (Å²) in [7, 11) is 0. The Hall–Kier alpha value is -3.42. The zero-order chi connectivity index (χ0) is 19.6. The van der Waals surface area contributed by atoms with E-state index in [1.165, 1.54) is 6.33 Å². The third-order valence-electron chi connectivity index (χ3n) is 3.98. The Kier molecular flexibility index (Phi) is 5.07. The Morgan fingerprint density at radius 2 is 1.93 bits per heavy atom. The van der Waals surface area contributed by atoms with Gasteiger partial charge in [0.25, 0.3) is 5.56 Å². The molecule has 2 heterocycles. The highest BCUT2D eigenvalue weighted by molar-refractivity contribution is 6.03. The Morgan fingerprint density at radius 3 is 2.59 bits per heavy atom. The van der Waals surface area contributed by atoms with Gasteiger partial charge in [0, 0.05) is 5.69 Å². The summed E-state index contributed by atoms with van der Waals surface area (Å²) >= 11 is 0. The largest absolute Gasteiger partial charge is 0.462 e. The number of fused-ring (bicyclic) bond motifs is 1. The quantitative estimate of drug-likeness (QED) is 0.693. The van der Waals surface area contributed by atoms with Crippen LogP contribution < -0.4 is 10.9 Å². The van der Waals surface area contributed by atoms with E-state index in [0.29, 0.717) is 5.69 Å². The van der Waals surface area contributed by atoms with Crippen LogP contribution in [0.1, 0.15) is 28.6 Å². The van der Waals surface area contributed by atoms with Crippen molar-refractivity contribution in [2.45, 2.75) is 27.3 Å². The number of hydrogen-bond acceptors (Lipinski definition) is 6. The van der Waals surface area contributed by atoms with Gasteiger partial charge in [0.05, 0.1) is 6.61 Å². The van der Waals surface area contributed by atoms with Gasteiger partial charge >= 0.3 is 5.97 Å². The SMILES string of the molecule is CCOC(=O)c1c(C)oc2ncn(CC(=O)Nc3ccc(C)cc3)c(=O)c12. The van der Waals surface area contributed by atoms with Gasteiger partial charge in [0.2, 0.25) is 11.6 Å². The monoisotopic (exact) mass is 369 g/mol. The van der Waals surface area contributed by atoms with Gasteiger partial charge in [0.15, 0.2) is 0 Å². The molecule has 1 aromatic carbocycles. The molecule has 0 saturated heterocycles. The summed E-state index contributed by atoms with van der Waals surface area (Å²) < 4.78 is 11.5. The molecule has 8 nitrogen and oxygen atoms in total. The number of nitrogens with zero attached hydrogens (tertiary/aromatic N) is 2. The van der Waals surface area contributed by atoms with Gasteiger partial charge in [-0.15, -0.1) is 0 Å². The van der Waals surface area contributed by atoms with Crippen molar-refractivity contribution in [3.8, 4) is 0 Å². The highest BCUT2D eigenvalue weighted by Gasteiger charge is 2.24. The van der Waals surface area contributed by atoms with Crippen LogP contribution in [-0.4, -0.2) is 28.0 Å². The average molecular weight is 369 g/mol. The first-order chi connectivity index (χ1) is 12.9. The molecule has 1 N–H and O–H groups in total. The molecule has 0 atom stereocenters. The van der Waals surface area contributed by atoms with Crippen molar-refractivity contribution < 1.29 is 18.7 Å². The van der Waals surface area contributed by atoms with Crippen LogP contribution >= 0.6 is 0 Å². The molecule has 0 aliphatic rings. The van der Waals surface area contributed by atoms with E-state index in [2.05, 4.69) is 10.3 Å². The summed E-state index contributed by atoms with van der Waals surface area (Å²) in [5.41, 5.74) is 1.23. The maximum atomic E-state index is 12.8. The fraction of sp³-hybridized carbons (Fsp3) is 0.263. The lowest BCUT2D eigenvalue weighted by atomic mass is 10.2. The zero-order valence-electron chi connectivity index (χ0n) is 15.2. The molecular formula is C19H19N3O5. The second kappa shape index (κ2) is 7.45. The van der Waals surface area contributed by atoms with Gasteiger partial charge in [-0.05, 0) is 32.9 Å². The molecular weight excluding hydrogens is 350 g/mol. The molecule has 0 radical (unpaired) electrons. The van der Waals surface area contributed by atoms with Crippen molar-refractivity contribution >= 4 is 28.7 Å². The molecule has 2 aromatic heterocycles. The lowest BCUT2D eigenvalue weighted by Crippen LogP contribution is -2.28. The second-order valence-corrected chi connectivity index (χ2v) is 6.03. The van der Waals surface area contributed by atoms with Gasteiger partial charge < -0.3 is 14.5 Å². The molecule has 140 valence electrons. The van der Waals surface area contributed by atoms with Gasteiger partial charge in [-0.25, -0.2) is 9.78 Å². The number of aromatic nitrogens is 2. The van der Waals surface area contributed by atoms with Crippen molar-refractivity contribution in [1.82, 2.24) is 9.55 Å². The summed E-state index contributed by atoms with van der Waals surface area (Å²) in [5.74, 6) is -0.801. The minimum absolute atomic E-state index is 0.0107. The summed E-state index contributed by atoms with van der Waals surface area (Å²) in [6.45, 7) is 5.09. The minimum Gasteiger partial charge on any atom is -0.462 e. The smallest absolute Gasteiger partial charge is 0.342 e. The first-order valence-corrected chi connectivity index (χ1v) is 8.43. The van der Waals surface area contributed by atoms with Crippen molar-refractivity contribution in [3.05, 3.63) is 57.8 Å². The normalized spacial score (nSPS) is 10.8. The number of nitrogens with one attached hydrogen (secondary N) is 1. The topological polar surface area (TPSA) is 103 Å². The van der Waals surface area contributed by atoms with E-state index in [1.54, 1.807) is 26.0 Å². The predicted octanol–water partition coefficient (Wildman–Crippen LogP) is 2.42. The molecule has 0 unspecified atom stereocenters. The predicted molar refractivity (Wildman–Crippen MR) is 98.8 cm³/mol. The molecule has 3 aromatic rings. The summed E-state index contributed by atoms with van der Waals surface area (Å²) in [6.07, 6.45) is 1.22. The number of anilines is 1. The first-order valence-electron chi connectivity index (χ1n) is 8.43. The van der Waals surface area contributed by atoms with Crippen LogP contribution in [0, 0.1) is 13.8 Å². The van der Waals surface area contributed by atoms with Crippen LogP contribution in [0.15, 0.2) is 39.8 Å². The standard InChI is InChI=1S/C19H19N3O5/c1-4-26-19(25)15-12(3)27-17-16(15)18(24)22(10-20-17)9-14(23)21-13-7-5-11(2)6-8-13/h5-8,10H,4,9H2,1-3H3,(H,21,23). The zero-order valence-corrected chi connectivity index (χ0v) is 15.2. The number of esters is 1. The third-order valence-corrected chi connectivity index (χ3v) is 3.98. The molecule has 8 heteroatoms.